The van der Waals surface area contributed by atoms with Crippen molar-refractivity contribution in [2.45, 2.75) is 5.75 Å². The Bertz CT molecular complexity index is 648. The maximum absolute atomic E-state index is 11.7. The molecular weight excluding hydrogens is 282 g/mol. The Morgan fingerprint density at radius 1 is 1.63 bits per heavy atom. The fourth-order valence-electron chi connectivity index (χ4n) is 1.45. The molecule has 2 rings (SSSR count). The van der Waals surface area contributed by atoms with Crippen LogP contribution in [0.5, 0.6) is 0 Å². The second-order valence-electron chi connectivity index (χ2n) is 3.73. The lowest BCUT2D eigenvalue weighted by atomic mass is 10.4. The molecule has 0 radical (unpaired) electrons. The van der Waals surface area contributed by atoms with Gasteiger partial charge in [0.05, 0.1) is 11.4 Å². The van der Waals surface area contributed by atoms with Crippen molar-refractivity contribution in [2.24, 2.45) is 0 Å². The van der Waals surface area contributed by atoms with Gasteiger partial charge in [0, 0.05) is 29.9 Å². The summed E-state index contributed by atoms with van der Waals surface area (Å²) in [5.74, 6) is 0.851. The summed E-state index contributed by atoms with van der Waals surface area (Å²) in [7, 11) is 0. The van der Waals surface area contributed by atoms with Gasteiger partial charge in [0.25, 0.3) is 5.56 Å². The molecule has 0 saturated heterocycles. The van der Waals surface area contributed by atoms with Crippen molar-refractivity contribution in [1.29, 1.82) is 0 Å². The van der Waals surface area contributed by atoms with Crippen LogP contribution in [0.4, 0.5) is 0 Å². The fourth-order valence-corrected chi connectivity index (χ4v) is 2.93. The summed E-state index contributed by atoms with van der Waals surface area (Å²) in [5.41, 5.74) is 0.618. The monoisotopic (exact) mass is 295 g/mol. The minimum absolute atomic E-state index is 0.0428. The van der Waals surface area contributed by atoms with E-state index in [1.807, 2.05) is 5.38 Å². The topological polar surface area (TPSA) is 63.5 Å². The number of rotatable bonds is 6. The number of carbonyl (C=O) groups excluding carboxylic acids is 1. The van der Waals surface area contributed by atoms with Crippen molar-refractivity contribution in [2.75, 3.05) is 12.3 Å². The Balaban J connectivity index is 1.93. The Labute approximate surface area is 118 Å². The Hall–Kier alpha value is -1.60. The first-order valence-electron chi connectivity index (χ1n) is 5.62. The number of amides is 1. The molecule has 2 aromatic rings. The molecule has 7 heteroatoms. The number of nitrogens with one attached hydrogen (secondary N) is 1. The molecule has 100 valence electrons. The Kier molecular flexibility index (Phi) is 4.75. The predicted octanol–water partition coefficient (Wildman–Crippen LogP) is 1.29. The average Bonchev–Trinajstić information content (AvgIpc) is 2.85. The molecule has 0 atom stereocenters. The molecule has 2 aromatic heterocycles. The van der Waals surface area contributed by atoms with Crippen molar-refractivity contribution in [3.63, 3.8) is 0 Å². The first-order valence-corrected chi connectivity index (χ1v) is 7.65. The van der Waals surface area contributed by atoms with Gasteiger partial charge in [-0.15, -0.1) is 29.7 Å². The minimum atomic E-state index is -0.0852. The number of carbonyl (C=O) groups is 1. The third-order valence-corrected chi connectivity index (χ3v) is 4.01. The van der Waals surface area contributed by atoms with Crippen LogP contribution in [0.15, 0.2) is 35.1 Å². The quantitative estimate of drug-likeness (QED) is 0.816. The van der Waals surface area contributed by atoms with E-state index in [0.717, 1.165) is 0 Å². The van der Waals surface area contributed by atoms with E-state index in [1.165, 1.54) is 33.6 Å². The van der Waals surface area contributed by atoms with Gasteiger partial charge in [0.15, 0.2) is 4.96 Å². The molecule has 0 spiro atoms. The van der Waals surface area contributed by atoms with Gasteiger partial charge < -0.3 is 5.32 Å². The van der Waals surface area contributed by atoms with Crippen LogP contribution < -0.4 is 10.9 Å². The molecule has 2 heterocycles. The van der Waals surface area contributed by atoms with Gasteiger partial charge in [-0.25, -0.2) is 4.98 Å². The number of thioether (sulfide) groups is 1. The molecule has 0 aliphatic carbocycles. The van der Waals surface area contributed by atoms with Crippen LogP contribution in [0, 0.1) is 0 Å². The number of hydrogen-bond donors (Lipinski definition) is 1. The maximum atomic E-state index is 11.7. The SMILES string of the molecule is C=CCNC(=O)CSCc1cc(=O)n2ccsc2n1. The largest absolute Gasteiger partial charge is 0.352 e. The van der Waals surface area contributed by atoms with Gasteiger partial charge in [-0.05, 0) is 0 Å². The molecule has 0 unspecified atom stereocenters. The van der Waals surface area contributed by atoms with Crippen molar-refractivity contribution in [1.82, 2.24) is 14.7 Å². The van der Waals surface area contributed by atoms with Gasteiger partial charge in [-0.3, -0.25) is 14.0 Å². The van der Waals surface area contributed by atoms with Crippen LogP contribution in [0.1, 0.15) is 5.69 Å². The molecule has 5 nitrogen and oxygen atoms in total. The molecule has 0 aromatic carbocycles. The van der Waals surface area contributed by atoms with Gasteiger partial charge in [0.2, 0.25) is 5.91 Å². The molecule has 0 aliphatic heterocycles. The summed E-state index contributed by atoms with van der Waals surface area (Å²) < 4.78 is 1.51. The molecule has 1 amide bonds. The van der Waals surface area contributed by atoms with Crippen molar-refractivity contribution < 1.29 is 4.79 Å². The van der Waals surface area contributed by atoms with Gasteiger partial charge in [-0.2, -0.15) is 0 Å². The second-order valence-corrected chi connectivity index (χ2v) is 5.59. The zero-order chi connectivity index (χ0) is 13.7. The van der Waals surface area contributed by atoms with Crippen molar-refractivity contribution in [3.05, 3.63) is 46.3 Å². The number of aromatic nitrogens is 2. The molecule has 0 bridgehead atoms. The molecular formula is C12H13N3O2S2. The summed E-state index contributed by atoms with van der Waals surface area (Å²) in [6.45, 7) is 4.00. The lowest BCUT2D eigenvalue weighted by molar-refractivity contribution is -0.118. The van der Waals surface area contributed by atoms with Gasteiger partial charge in [0.1, 0.15) is 0 Å². The molecule has 1 N–H and O–H groups in total. The molecule has 0 aliphatic rings. The number of thiazole rings is 1. The van der Waals surface area contributed by atoms with Crippen molar-refractivity contribution in [3.8, 4) is 0 Å². The lowest BCUT2D eigenvalue weighted by Gasteiger charge is -2.02. The first-order chi connectivity index (χ1) is 9.20. The van der Waals surface area contributed by atoms with Gasteiger partial charge >= 0.3 is 0 Å². The summed E-state index contributed by atoms with van der Waals surface area (Å²) in [6, 6.07) is 1.51. The van der Waals surface area contributed by atoms with E-state index in [1.54, 1.807) is 12.3 Å². The fraction of sp³-hybridized carbons (Fsp3) is 0.250. The second kappa shape index (κ2) is 6.53. The minimum Gasteiger partial charge on any atom is -0.352 e. The molecule has 0 saturated carbocycles. The third kappa shape index (κ3) is 3.68. The summed E-state index contributed by atoms with van der Waals surface area (Å²) in [5, 5.41) is 4.52. The standard InChI is InChI=1S/C12H13N3O2S2/c1-2-3-13-10(16)8-18-7-9-6-11(17)15-4-5-19-12(15)14-9/h2,4-6H,1,3,7-8H2,(H,13,16). The van der Waals surface area contributed by atoms with E-state index in [4.69, 9.17) is 0 Å². The highest BCUT2D eigenvalue weighted by atomic mass is 32.2. The Morgan fingerprint density at radius 2 is 2.47 bits per heavy atom. The zero-order valence-corrected chi connectivity index (χ0v) is 11.8. The molecule has 0 fully saturated rings. The summed E-state index contributed by atoms with van der Waals surface area (Å²) in [4.78, 5) is 28.1. The first kappa shape index (κ1) is 13.8. The summed E-state index contributed by atoms with van der Waals surface area (Å²) >= 11 is 2.85. The summed E-state index contributed by atoms with van der Waals surface area (Å²) in [6.07, 6.45) is 3.34. The van der Waals surface area contributed by atoms with E-state index >= 15 is 0 Å². The van der Waals surface area contributed by atoms with E-state index in [0.29, 0.717) is 28.7 Å². The van der Waals surface area contributed by atoms with E-state index in [-0.39, 0.29) is 11.5 Å². The lowest BCUT2D eigenvalue weighted by Crippen LogP contribution is -2.25. The van der Waals surface area contributed by atoms with Gasteiger partial charge in [-0.1, -0.05) is 6.08 Å². The maximum Gasteiger partial charge on any atom is 0.258 e. The van der Waals surface area contributed by atoms with E-state index in [2.05, 4.69) is 16.9 Å². The van der Waals surface area contributed by atoms with Crippen LogP contribution in [-0.4, -0.2) is 27.6 Å². The smallest absolute Gasteiger partial charge is 0.258 e. The highest BCUT2D eigenvalue weighted by molar-refractivity contribution is 7.99. The number of nitrogens with zero attached hydrogens (tertiary/aromatic N) is 2. The Morgan fingerprint density at radius 3 is 3.26 bits per heavy atom. The normalized spacial score (nSPS) is 10.5. The van der Waals surface area contributed by atoms with Crippen LogP contribution in [-0.2, 0) is 10.5 Å². The number of fused-ring (bicyclic) bond motifs is 1. The highest BCUT2D eigenvalue weighted by Gasteiger charge is 2.05. The number of hydrogen-bond acceptors (Lipinski definition) is 5. The third-order valence-electron chi connectivity index (χ3n) is 2.28. The highest BCUT2D eigenvalue weighted by Crippen LogP contribution is 2.11. The predicted molar refractivity (Wildman–Crippen MR) is 78.7 cm³/mol. The molecule has 19 heavy (non-hydrogen) atoms. The van der Waals surface area contributed by atoms with Crippen LogP contribution in [0.3, 0.4) is 0 Å². The van der Waals surface area contributed by atoms with Crippen molar-refractivity contribution >= 4 is 34.0 Å². The van der Waals surface area contributed by atoms with Crippen LogP contribution in [0.25, 0.3) is 4.96 Å². The van der Waals surface area contributed by atoms with E-state index < -0.39 is 0 Å². The van der Waals surface area contributed by atoms with E-state index in [9.17, 15) is 9.59 Å². The zero-order valence-electron chi connectivity index (χ0n) is 10.2. The van der Waals surface area contributed by atoms with Crippen LogP contribution in [0.2, 0.25) is 0 Å². The average molecular weight is 295 g/mol. The van der Waals surface area contributed by atoms with Crippen LogP contribution >= 0.6 is 23.1 Å².